The fraction of sp³-hybridized carbons (Fsp3) is 0.778. The van der Waals surface area contributed by atoms with E-state index in [1.54, 1.807) is 0 Å². The lowest BCUT2D eigenvalue weighted by atomic mass is 10.2. The van der Waals surface area contributed by atoms with Gasteiger partial charge in [-0.05, 0) is 37.0 Å². The molecule has 2 saturated carbocycles. The van der Waals surface area contributed by atoms with E-state index in [4.69, 9.17) is 5.11 Å². The van der Waals surface area contributed by atoms with Crippen molar-refractivity contribution in [3.63, 3.8) is 0 Å². The maximum atomic E-state index is 8.50. The molecule has 0 aliphatic heterocycles. The van der Waals surface area contributed by atoms with Crippen LogP contribution in [0.3, 0.4) is 0 Å². The zero-order valence-electron chi connectivity index (χ0n) is 6.16. The standard InChI is InChI=1S/C9H14O/c10-5-1-2-8-6-9(8)7-3-4-7/h1-2,7-10H,3-6H2/b2-1+. The van der Waals surface area contributed by atoms with E-state index in [2.05, 4.69) is 6.08 Å². The highest BCUT2D eigenvalue weighted by Gasteiger charge is 2.45. The number of allylic oxidation sites excluding steroid dienone is 1. The average Bonchev–Trinajstić information content (AvgIpc) is 2.77. The van der Waals surface area contributed by atoms with Gasteiger partial charge in [-0.15, -0.1) is 0 Å². The number of aliphatic hydroxyl groups is 1. The minimum absolute atomic E-state index is 0.216. The van der Waals surface area contributed by atoms with Crippen molar-refractivity contribution in [1.82, 2.24) is 0 Å². The molecular weight excluding hydrogens is 124 g/mol. The van der Waals surface area contributed by atoms with Crippen molar-refractivity contribution in [3.05, 3.63) is 12.2 Å². The molecule has 2 aliphatic rings. The summed E-state index contributed by atoms with van der Waals surface area (Å²) in [6.45, 7) is 0.216. The SMILES string of the molecule is OC/C=C/C1CC1C1CC1. The molecule has 0 aromatic heterocycles. The van der Waals surface area contributed by atoms with Crippen LogP contribution in [0.1, 0.15) is 19.3 Å². The van der Waals surface area contributed by atoms with Crippen molar-refractivity contribution in [2.24, 2.45) is 17.8 Å². The predicted octanol–water partition coefficient (Wildman–Crippen LogP) is 1.58. The van der Waals surface area contributed by atoms with Gasteiger partial charge in [0.25, 0.3) is 0 Å². The maximum Gasteiger partial charge on any atom is 0.0612 e. The van der Waals surface area contributed by atoms with E-state index in [1.807, 2.05) is 6.08 Å². The summed E-state index contributed by atoms with van der Waals surface area (Å²) < 4.78 is 0. The van der Waals surface area contributed by atoms with Gasteiger partial charge in [-0.3, -0.25) is 0 Å². The Morgan fingerprint density at radius 2 is 2.20 bits per heavy atom. The van der Waals surface area contributed by atoms with Crippen LogP contribution >= 0.6 is 0 Å². The second-order valence-electron chi connectivity index (χ2n) is 3.51. The highest BCUT2D eigenvalue weighted by Crippen LogP contribution is 2.54. The lowest BCUT2D eigenvalue weighted by Crippen LogP contribution is -1.81. The van der Waals surface area contributed by atoms with Crippen molar-refractivity contribution in [2.75, 3.05) is 6.61 Å². The van der Waals surface area contributed by atoms with Gasteiger partial charge in [-0.1, -0.05) is 12.2 Å². The van der Waals surface area contributed by atoms with Crippen LogP contribution in [0.5, 0.6) is 0 Å². The van der Waals surface area contributed by atoms with Gasteiger partial charge in [0.1, 0.15) is 0 Å². The Bertz CT molecular complexity index is 147. The summed E-state index contributed by atoms with van der Waals surface area (Å²) in [7, 11) is 0. The average molecular weight is 138 g/mol. The van der Waals surface area contributed by atoms with E-state index in [-0.39, 0.29) is 6.61 Å². The Hall–Kier alpha value is -0.300. The lowest BCUT2D eigenvalue weighted by Gasteiger charge is -1.87. The van der Waals surface area contributed by atoms with Gasteiger partial charge in [-0.25, -0.2) is 0 Å². The van der Waals surface area contributed by atoms with Gasteiger partial charge >= 0.3 is 0 Å². The first-order valence-electron chi connectivity index (χ1n) is 4.19. The van der Waals surface area contributed by atoms with E-state index in [0.717, 1.165) is 17.8 Å². The van der Waals surface area contributed by atoms with Crippen LogP contribution < -0.4 is 0 Å². The molecule has 56 valence electrons. The number of hydrogen-bond acceptors (Lipinski definition) is 1. The summed E-state index contributed by atoms with van der Waals surface area (Å²) in [6, 6.07) is 0. The van der Waals surface area contributed by atoms with Crippen molar-refractivity contribution in [3.8, 4) is 0 Å². The molecule has 2 rings (SSSR count). The second kappa shape index (κ2) is 2.39. The molecule has 0 bridgehead atoms. The third kappa shape index (κ3) is 1.24. The van der Waals surface area contributed by atoms with E-state index >= 15 is 0 Å². The van der Waals surface area contributed by atoms with Gasteiger partial charge in [0.05, 0.1) is 6.61 Å². The minimum atomic E-state index is 0.216. The van der Waals surface area contributed by atoms with E-state index in [1.165, 1.54) is 19.3 Å². The Labute approximate surface area is 61.8 Å². The third-order valence-corrected chi connectivity index (χ3v) is 2.61. The summed E-state index contributed by atoms with van der Waals surface area (Å²) in [5.74, 6) is 2.90. The quantitative estimate of drug-likeness (QED) is 0.587. The fourth-order valence-corrected chi connectivity index (χ4v) is 1.76. The van der Waals surface area contributed by atoms with Crippen molar-refractivity contribution in [2.45, 2.75) is 19.3 Å². The van der Waals surface area contributed by atoms with E-state index in [9.17, 15) is 0 Å². The minimum Gasteiger partial charge on any atom is -0.392 e. The third-order valence-electron chi connectivity index (χ3n) is 2.61. The molecule has 0 heterocycles. The van der Waals surface area contributed by atoms with Crippen LogP contribution in [-0.4, -0.2) is 11.7 Å². The molecule has 1 nitrogen and oxygen atoms in total. The van der Waals surface area contributed by atoms with Gasteiger partial charge in [0.2, 0.25) is 0 Å². The summed E-state index contributed by atoms with van der Waals surface area (Å²) in [6.07, 6.45) is 8.39. The van der Waals surface area contributed by atoms with Crippen LogP contribution in [0.2, 0.25) is 0 Å². The van der Waals surface area contributed by atoms with Crippen molar-refractivity contribution >= 4 is 0 Å². The fourth-order valence-electron chi connectivity index (χ4n) is 1.76. The molecule has 2 aliphatic carbocycles. The van der Waals surface area contributed by atoms with Crippen LogP contribution in [0.25, 0.3) is 0 Å². The van der Waals surface area contributed by atoms with Crippen LogP contribution in [0.4, 0.5) is 0 Å². The molecule has 2 unspecified atom stereocenters. The smallest absolute Gasteiger partial charge is 0.0612 e. The summed E-state index contributed by atoms with van der Waals surface area (Å²) in [5, 5.41) is 8.50. The molecule has 2 atom stereocenters. The van der Waals surface area contributed by atoms with Crippen LogP contribution in [0, 0.1) is 17.8 Å². The first-order chi connectivity index (χ1) is 4.92. The molecule has 1 heteroatoms. The molecular formula is C9H14O. The summed E-state index contributed by atoms with van der Waals surface area (Å²) in [4.78, 5) is 0. The first kappa shape index (κ1) is 6.41. The number of hydrogen-bond donors (Lipinski definition) is 1. The lowest BCUT2D eigenvalue weighted by molar-refractivity contribution is 0.342. The van der Waals surface area contributed by atoms with Crippen molar-refractivity contribution < 1.29 is 5.11 Å². The van der Waals surface area contributed by atoms with Gasteiger partial charge in [0, 0.05) is 0 Å². The zero-order chi connectivity index (χ0) is 6.97. The molecule has 10 heavy (non-hydrogen) atoms. The number of aliphatic hydroxyl groups excluding tert-OH is 1. The Kier molecular flexibility index (Phi) is 1.53. The highest BCUT2D eigenvalue weighted by molar-refractivity contribution is 5.06. The number of rotatable bonds is 3. The molecule has 2 fully saturated rings. The van der Waals surface area contributed by atoms with Crippen LogP contribution in [-0.2, 0) is 0 Å². The highest BCUT2D eigenvalue weighted by atomic mass is 16.2. The second-order valence-corrected chi connectivity index (χ2v) is 3.51. The first-order valence-corrected chi connectivity index (χ1v) is 4.19. The largest absolute Gasteiger partial charge is 0.392 e. The Balaban J connectivity index is 1.73. The zero-order valence-corrected chi connectivity index (χ0v) is 6.16. The summed E-state index contributed by atoms with van der Waals surface area (Å²) in [5.41, 5.74) is 0. The van der Waals surface area contributed by atoms with Gasteiger partial charge in [0.15, 0.2) is 0 Å². The molecule has 0 spiro atoms. The predicted molar refractivity (Wildman–Crippen MR) is 40.5 cm³/mol. The Morgan fingerprint density at radius 1 is 1.40 bits per heavy atom. The van der Waals surface area contributed by atoms with Crippen LogP contribution in [0.15, 0.2) is 12.2 Å². The molecule has 1 N–H and O–H groups in total. The summed E-state index contributed by atoms with van der Waals surface area (Å²) >= 11 is 0. The van der Waals surface area contributed by atoms with Crippen molar-refractivity contribution in [1.29, 1.82) is 0 Å². The molecule has 0 radical (unpaired) electrons. The molecule has 0 amide bonds. The normalized spacial score (nSPS) is 38.9. The maximum absolute atomic E-state index is 8.50. The molecule has 0 aromatic rings. The Morgan fingerprint density at radius 3 is 2.80 bits per heavy atom. The molecule has 0 saturated heterocycles. The van der Waals surface area contributed by atoms with Gasteiger partial charge < -0.3 is 5.11 Å². The van der Waals surface area contributed by atoms with E-state index in [0.29, 0.717) is 0 Å². The molecule has 0 aromatic carbocycles. The monoisotopic (exact) mass is 138 g/mol. The van der Waals surface area contributed by atoms with E-state index < -0.39 is 0 Å². The van der Waals surface area contributed by atoms with Gasteiger partial charge in [-0.2, -0.15) is 0 Å². The topological polar surface area (TPSA) is 20.2 Å².